The summed E-state index contributed by atoms with van der Waals surface area (Å²) in [5.41, 5.74) is 3.70. The van der Waals surface area contributed by atoms with Gasteiger partial charge in [-0.25, -0.2) is 19.8 Å². The lowest BCUT2D eigenvalue weighted by atomic mass is 9.98. The van der Waals surface area contributed by atoms with Crippen molar-refractivity contribution in [1.29, 1.82) is 0 Å². The Bertz CT molecular complexity index is 1730. The summed E-state index contributed by atoms with van der Waals surface area (Å²) in [4.78, 5) is 32.6. The van der Waals surface area contributed by atoms with Crippen LogP contribution in [-0.4, -0.2) is 55.1 Å². The number of rotatable bonds is 7. The van der Waals surface area contributed by atoms with Gasteiger partial charge in [-0.2, -0.15) is 0 Å². The van der Waals surface area contributed by atoms with Crippen LogP contribution >= 0.6 is 0 Å². The number of hydrogen-bond acceptors (Lipinski definition) is 6. The van der Waals surface area contributed by atoms with E-state index in [1.807, 2.05) is 34.7 Å². The standard InChI is InChI=1S/C30H29N7O2/c1-3-35-12-9-21(10-13-35)20-39-25-17-32-29(33-18-25)23-6-4-5-22(15-23)19-37-28(38)11-14-36-27-16-24(31-2)7-8-26(27)34-30(36)37/h4-8,11,14-18,21H,3,9-10,12-13,19-20H2,1H3. The van der Waals surface area contributed by atoms with E-state index >= 15 is 0 Å². The summed E-state index contributed by atoms with van der Waals surface area (Å²) < 4.78 is 9.48. The molecule has 9 heteroatoms. The molecule has 39 heavy (non-hydrogen) atoms. The first-order valence-electron chi connectivity index (χ1n) is 13.3. The third kappa shape index (κ3) is 5.11. The fourth-order valence-electron chi connectivity index (χ4n) is 5.17. The van der Waals surface area contributed by atoms with Gasteiger partial charge in [0.15, 0.2) is 17.3 Å². The monoisotopic (exact) mass is 519 g/mol. The van der Waals surface area contributed by atoms with E-state index in [1.54, 1.807) is 35.3 Å². The van der Waals surface area contributed by atoms with Crippen LogP contribution in [0.4, 0.5) is 5.69 Å². The van der Waals surface area contributed by atoms with E-state index in [0.29, 0.717) is 42.1 Å². The highest BCUT2D eigenvalue weighted by molar-refractivity contribution is 5.83. The number of fused-ring (bicyclic) bond motifs is 3. The van der Waals surface area contributed by atoms with Crippen molar-refractivity contribution in [2.45, 2.75) is 26.3 Å². The summed E-state index contributed by atoms with van der Waals surface area (Å²) in [6.45, 7) is 13.9. The Kier molecular flexibility index (Phi) is 6.78. The van der Waals surface area contributed by atoms with Gasteiger partial charge in [-0.1, -0.05) is 31.2 Å². The van der Waals surface area contributed by atoms with Gasteiger partial charge >= 0.3 is 0 Å². The molecule has 0 unspecified atom stereocenters. The Morgan fingerprint density at radius 1 is 1.08 bits per heavy atom. The highest BCUT2D eigenvalue weighted by Crippen LogP contribution is 2.24. The van der Waals surface area contributed by atoms with Crippen molar-refractivity contribution in [2.24, 2.45) is 5.92 Å². The first-order valence-corrected chi connectivity index (χ1v) is 13.3. The third-order valence-electron chi connectivity index (χ3n) is 7.45. The quantitative estimate of drug-likeness (QED) is 0.287. The van der Waals surface area contributed by atoms with Crippen LogP contribution in [0.3, 0.4) is 0 Å². The van der Waals surface area contributed by atoms with E-state index in [2.05, 4.69) is 31.6 Å². The largest absolute Gasteiger partial charge is 0.490 e. The minimum absolute atomic E-state index is 0.147. The molecule has 196 valence electrons. The van der Waals surface area contributed by atoms with Crippen LogP contribution in [0.25, 0.3) is 33.0 Å². The van der Waals surface area contributed by atoms with Gasteiger partial charge in [0.05, 0.1) is 43.2 Å². The average Bonchev–Trinajstić information content (AvgIpc) is 3.36. The smallest absolute Gasteiger partial charge is 0.255 e. The van der Waals surface area contributed by atoms with E-state index in [4.69, 9.17) is 11.3 Å². The van der Waals surface area contributed by atoms with Crippen molar-refractivity contribution in [3.63, 3.8) is 0 Å². The first-order chi connectivity index (χ1) is 19.1. The zero-order valence-corrected chi connectivity index (χ0v) is 21.8. The molecule has 1 aliphatic heterocycles. The molecule has 9 nitrogen and oxygen atoms in total. The predicted molar refractivity (Wildman–Crippen MR) is 150 cm³/mol. The summed E-state index contributed by atoms with van der Waals surface area (Å²) in [6.07, 6.45) is 7.49. The number of hydrogen-bond donors (Lipinski definition) is 0. The third-order valence-corrected chi connectivity index (χ3v) is 7.45. The Hall–Kier alpha value is -4.55. The molecule has 5 aromatic rings. The summed E-state index contributed by atoms with van der Waals surface area (Å²) in [5, 5.41) is 0. The second-order valence-electron chi connectivity index (χ2n) is 9.94. The molecule has 0 saturated carbocycles. The molecular weight excluding hydrogens is 490 g/mol. The average molecular weight is 520 g/mol. The van der Waals surface area contributed by atoms with Gasteiger partial charge in [0, 0.05) is 17.8 Å². The molecule has 0 aliphatic carbocycles. The Labute approximate surface area is 226 Å². The SMILES string of the molecule is [C-]#[N+]c1ccc2nc3n(Cc4cccc(-c5ncc(OCC6CCN(CC)CC6)cn5)c4)c(=O)ccn3c2c1. The van der Waals surface area contributed by atoms with E-state index in [1.165, 1.54) is 6.07 Å². The molecule has 0 atom stereocenters. The topological polar surface area (TPSA) is 81.9 Å². The maximum atomic E-state index is 12.9. The summed E-state index contributed by atoms with van der Waals surface area (Å²) in [7, 11) is 0. The maximum Gasteiger partial charge on any atom is 0.255 e. The molecule has 1 fully saturated rings. The molecule has 2 aromatic carbocycles. The molecule has 0 bridgehead atoms. The lowest BCUT2D eigenvalue weighted by Gasteiger charge is -2.30. The number of imidazole rings is 1. The maximum absolute atomic E-state index is 12.9. The van der Waals surface area contributed by atoms with Crippen LogP contribution in [0, 0.1) is 12.5 Å². The van der Waals surface area contributed by atoms with E-state index in [-0.39, 0.29) is 5.56 Å². The van der Waals surface area contributed by atoms with E-state index in [0.717, 1.165) is 54.6 Å². The molecule has 0 spiro atoms. The van der Waals surface area contributed by atoms with Gasteiger partial charge in [0.1, 0.15) is 0 Å². The lowest BCUT2D eigenvalue weighted by Crippen LogP contribution is -2.35. The summed E-state index contributed by atoms with van der Waals surface area (Å²) in [6, 6.07) is 14.7. The number of nitrogens with zero attached hydrogens (tertiary/aromatic N) is 7. The van der Waals surface area contributed by atoms with Gasteiger partial charge in [0.25, 0.3) is 5.56 Å². The van der Waals surface area contributed by atoms with Gasteiger partial charge in [-0.3, -0.25) is 13.8 Å². The van der Waals surface area contributed by atoms with Crippen molar-refractivity contribution in [2.75, 3.05) is 26.2 Å². The number of ether oxygens (including phenoxy) is 1. The molecule has 1 aliphatic rings. The minimum atomic E-state index is -0.147. The number of aromatic nitrogens is 5. The molecule has 0 radical (unpaired) electrons. The van der Waals surface area contributed by atoms with Crippen LogP contribution in [-0.2, 0) is 6.54 Å². The number of benzene rings is 2. The normalized spacial score (nSPS) is 14.6. The van der Waals surface area contributed by atoms with Crippen LogP contribution in [0.15, 0.2) is 71.9 Å². The van der Waals surface area contributed by atoms with Crippen molar-refractivity contribution < 1.29 is 4.74 Å². The minimum Gasteiger partial charge on any atom is -0.490 e. The fourth-order valence-corrected chi connectivity index (χ4v) is 5.17. The molecule has 6 rings (SSSR count). The highest BCUT2D eigenvalue weighted by atomic mass is 16.5. The highest BCUT2D eigenvalue weighted by Gasteiger charge is 2.19. The molecule has 4 heterocycles. The second kappa shape index (κ2) is 10.7. The van der Waals surface area contributed by atoms with Gasteiger partial charge in [-0.15, -0.1) is 0 Å². The van der Waals surface area contributed by atoms with Crippen LogP contribution < -0.4 is 10.3 Å². The molecule has 0 N–H and O–H groups in total. The Morgan fingerprint density at radius 2 is 1.90 bits per heavy atom. The van der Waals surface area contributed by atoms with E-state index < -0.39 is 0 Å². The van der Waals surface area contributed by atoms with Crippen LogP contribution in [0.1, 0.15) is 25.3 Å². The van der Waals surface area contributed by atoms with Crippen molar-refractivity contribution in [1.82, 2.24) is 28.8 Å². The first kappa shape index (κ1) is 24.8. The Morgan fingerprint density at radius 3 is 2.67 bits per heavy atom. The van der Waals surface area contributed by atoms with Crippen LogP contribution in [0.2, 0.25) is 0 Å². The summed E-state index contributed by atoms with van der Waals surface area (Å²) in [5.74, 6) is 2.38. The van der Waals surface area contributed by atoms with Gasteiger partial charge in [-0.05, 0) is 62.2 Å². The van der Waals surface area contributed by atoms with Crippen molar-refractivity contribution in [3.05, 3.63) is 94.5 Å². The van der Waals surface area contributed by atoms with Crippen molar-refractivity contribution in [3.8, 4) is 17.1 Å². The number of likely N-dealkylation sites (tertiary alicyclic amines) is 1. The molecule has 1 saturated heterocycles. The van der Waals surface area contributed by atoms with Gasteiger partial charge < -0.3 is 9.64 Å². The summed E-state index contributed by atoms with van der Waals surface area (Å²) >= 11 is 0. The Balaban J connectivity index is 1.19. The second-order valence-corrected chi connectivity index (χ2v) is 9.94. The zero-order valence-electron chi connectivity index (χ0n) is 21.8. The molecule has 3 aromatic heterocycles. The lowest BCUT2D eigenvalue weighted by molar-refractivity contribution is 0.145. The fraction of sp³-hybridized carbons (Fsp3) is 0.300. The predicted octanol–water partition coefficient (Wildman–Crippen LogP) is 4.82. The molecule has 0 amide bonds. The van der Waals surface area contributed by atoms with E-state index in [9.17, 15) is 4.79 Å². The van der Waals surface area contributed by atoms with Crippen molar-refractivity contribution >= 4 is 22.5 Å². The number of piperidine rings is 1. The molecular formula is C30H29N7O2. The van der Waals surface area contributed by atoms with Gasteiger partial charge in [0.2, 0.25) is 5.78 Å². The van der Waals surface area contributed by atoms with Crippen LogP contribution in [0.5, 0.6) is 5.75 Å². The zero-order chi connectivity index (χ0) is 26.8.